The molecule has 0 atom stereocenters. The van der Waals surface area contributed by atoms with E-state index in [4.69, 9.17) is 0 Å². The third kappa shape index (κ3) is 1.67. The first kappa shape index (κ1) is 7.47. The molecule has 1 nitrogen and oxygen atoms in total. The maximum atomic E-state index is 11.8. The molecule has 0 aliphatic carbocycles. The molecule has 0 fully saturated rings. The van der Waals surface area contributed by atoms with Crippen LogP contribution in [0.2, 0.25) is 0 Å². The lowest BCUT2D eigenvalue weighted by Crippen LogP contribution is -1.87. The maximum Gasteiger partial charge on any atom is 0.280 e. The first-order valence-corrected chi connectivity index (χ1v) is 3.08. The Hall–Kier alpha value is -0.640. The number of pyridine rings is 1. The molecule has 4 heteroatoms. The first-order chi connectivity index (χ1) is 4.70. The molecule has 0 spiro atoms. The van der Waals surface area contributed by atoms with Crippen molar-refractivity contribution >= 4 is 12.6 Å². The van der Waals surface area contributed by atoms with E-state index in [0.717, 1.165) is 0 Å². The van der Waals surface area contributed by atoms with Gasteiger partial charge < -0.3 is 0 Å². The van der Waals surface area contributed by atoms with E-state index in [1.807, 2.05) is 0 Å². The van der Waals surface area contributed by atoms with Gasteiger partial charge in [-0.1, -0.05) is 0 Å². The van der Waals surface area contributed by atoms with Crippen LogP contribution >= 0.6 is 12.6 Å². The van der Waals surface area contributed by atoms with Gasteiger partial charge in [0.25, 0.3) is 6.43 Å². The normalized spacial score (nSPS) is 10.4. The van der Waals surface area contributed by atoms with E-state index in [-0.39, 0.29) is 5.69 Å². The van der Waals surface area contributed by atoms with Crippen LogP contribution in [-0.4, -0.2) is 4.98 Å². The van der Waals surface area contributed by atoms with Crippen molar-refractivity contribution in [3.63, 3.8) is 0 Å². The second-order valence-corrected chi connectivity index (χ2v) is 2.26. The Morgan fingerprint density at radius 3 is 2.50 bits per heavy atom. The van der Waals surface area contributed by atoms with Crippen LogP contribution in [0.5, 0.6) is 0 Å². The van der Waals surface area contributed by atoms with Crippen LogP contribution in [0, 0.1) is 0 Å². The summed E-state index contributed by atoms with van der Waals surface area (Å²) in [5.41, 5.74) is -0.210. The molecule has 0 aromatic carbocycles. The molecule has 1 heterocycles. The molecule has 0 amide bonds. The molecule has 54 valence electrons. The number of thiol groups is 1. The van der Waals surface area contributed by atoms with E-state index in [1.54, 1.807) is 0 Å². The standard InChI is InChI=1S/C6H5F2NS/c7-6(8)5-2-1-4(10)3-9-5/h1-3,6,10H. The Morgan fingerprint density at radius 2 is 2.10 bits per heavy atom. The van der Waals surface area contributed by atoms with Gasteiger partial charge in [0.05, 0.1) is 0 Å². The van der Waals surface area contributed by atoms with E-state index in [0.29, 0.717) is 4.90 Å². The van der Waals surface area contributed by atoms with Gasteiger partial charge in [0, 0.05) is 11.1 Å². The minimum absolute atomic E-state index is 0.210. The van der Waals surface area contributed by atoms with Crippen molar-refractivity contribution in [2.45, 2.75) is 11.3 Å². The SMILES string of the molecule is FC(F)c1ccc(S)cn1. The smallest absolute Gasteiger partial charge is 0.254 e. The zero-order valence-electron chi connectivity index (χ0n) is 4.96. The number of aromatic nitrogens is 1. The van der Waals surface area contributed by atoms with Gasteiger partial charge in [-0.25, -0.2) is 8.78 Å². The zero-order valence-corrected chi connectivity index (χ0v) is 5.85. The maximum absolute atomic E-state index is 11.8. The fraction of sp³-hybridized carbons (Fsp3) is 0.167. The summed E-state index contributed by atoms with van der Waals surface area (Å²) in [6.45, 7) is 0. The van der Waals surface area contributed by atoms with Crippen LogP contribution in [0.3, 0.4) is 0 Å². The fourth-order valence-electron chi connectivity index (χ4n) is 0.527. The summed E-state index contributed by atoms with van der Waals surface area (Å²) in [4.78, 5) is 4.04. The Balaban J connectivity index is 2.89. The summed E-state index contributed by atoms with van der Waals surface area (Å²) >= 11 is 3.89. The van der Waals surface area contributed by atoms with Crippen LogP contribution in [0.4, 0.5) is 8.78 Å². The summed E-state index contributed by atoms with van der Waals surface area (Å²) in [5.74, 6) is 0. The molecule has 0 bridgehead atoms. The van der Waals surface area contributed by atoms with Crippen molar-refractivity contribution in [3.8, 4) is 0 Å². The first-order valence-electron chi connectivity index (χ1n) is 2.63. The number of hydrogen-bond donors (Lipinski definition) is 1. The second kappa shape index (κ2) is 2.96. The molecule has 0 aliphatic rings. The molecule has 0 N–H and O–H groups in total. The van der Waals surface area contributed by atoms with E-state index in [1.165, 1.54) is 18.3 Å². The van der Waals surface area contributed by atoms with E-state index in [2.05, 4.69) is 17.6 Å². The van der Waals surface area contributed by atoms with Crippen molar-refractivity contribution in [3.05, 3.63) is 24.0 Å². The topological polar surface area (TPSA) is 12.9 Å². The predicted molar refractivity (Wildman–Crippen MR) is 36.4 cm³/mol. The summed E-state index contributed by atoms with van der Waals surface area (Å²) in [6, 6.07) is 2.74. The van der Waals surface area contributed by atoms with Crippen LogP contribution in [0.25, 0.3) is 0 Å². The predicted octanol–water partition coefficient (Wildman–Crippen LogP) is 2.31. The molecule has 1 aromatic rings. The van der Waals surface area contributed by atoms with Gasteiger partial charge in [0.1, 0.15) is 5.69 Å². The second-order valence-electron chi connectivity index (χ2n) is 1.74. The van der Waals surface area contributed by atoms with Crippen LogP contribution in [-0.2, 0) is 0 Å². The number of alkyl halides is 2. The molecule has 0 saturated carbocycles. The van der Waals surface area contributed by atoms with Crippen molar-refractivity contribution in [2.75, 3.05) is 0 Å². The molecule has 0 radical (unpaired) electrons. The van der Waals surface area contributed by atoms with Gasteiger partial charge in [-0.3, -0.25) is 4.98 Å². The van der Waals surface area contributed by atoms with E-state index in [9.17, 15) is 8.78 Å². The molecule has 0 unspecified atom stereocenters. The molecular formula is C6H5F2NS. The molecule has 1 rings (SSSR count). The number of hydrogen-bond acceptors (Lipinski definition) is 2. The summed E-state index contributed by atoms with van der Waals surface area (Å²) < 4.78 is 23.6. The highest BCUT2D eigenvalue weighted by atomic mass is 32.1. The van der Waals surface area contributed by atoms with Crippen LogP contribution < -0.4 is 0 Å². The van der Waals surface area contributed by atoms with Gasteiger partial charge in [0.2, 0.25) is 0 Å². The largest absolute Gasteiger partial charge is 0.280 e. The number of rotatable bonds is 1. The van der Waals surface area contributed by atoms with E-state index >= 15 is 0 Å². The fourth-order valence-corrected chi connectivity index (χ4v) is 0.659. The van der Waals surface area contributed by atoms with Crippen molar-refractivity contribution in [1.82, 2.24) is 4.98 Å². The highest BCUT2D eigenvalue weighted by molar-refractivity contribution is 7.80. The highest BCUT2D eigenvalue weighted by Crippen LogP contribution is 2.16. The van der Waals surface area contributed by atoms with Crippen LogP contribution in [0.1, 0.15) is 12.1 Å². The summed E-state index contributed by atoms with van der Waals surface area (Å²) in [6.07, 6.45) is -1.20. The Kier molecular flexibility index (Phi) is 2.21. The summed E-state index contributed by atoms with van der Waals surface area (Å²) in [5, 5.41) is 0. The van der Waals surface area contributed by atoms with Crippen molar-refractivity contribution in [2.24, 2.45) is 0 Å². The molecule has 1 aromatic heterocycles. The monoisotopic (exact) mass is 161 g/mol. The third-order valence-electron chi connectivity index (χ3n) is 0.994. The Morgan fingerprint density at radius 1 is 1.40 bits per heavy atom. The van der Waals surface area contributed by atoms with Gasteiger partial charge >= 0.3 is 0 Å². The molecule has 0 aliphatic heterocycles. The Labute approximate surface area is 62.5 Å². The minimum Gasteiger partial charge on any atom is -0.254 e. The highest BCUT2D eigenvalue weighted by Gasteiger charge is 2.06. The minimum atomic E-state index is -2.49. The van der Waals surface area contributed by atoms with Gasteiger partial charge in [0.15, 0.2) is 0 Å². The lowest BCUT2D eigenvalue weighted by molar-refractivity contribution is 0.146. The van der Waals surface area contributed by atoms with Crippen molar-refractivity contribution in [1.29, 1.82) is 0 Å². The number of halogens is 2. The quantitative estimate of drug-likeness (QED) is 0.623. The van der Waals surface area contributed by atoms with Gasteiger partial charge in [-0.15, -0.1) is 12.6 Å². The average Bonchev–Trinajstić information content (AvgIpc) is 1.88. The number of nitrogens with zero attached hydrogens (tertiary/aromatic N) is 1. The molecular weight excluding hydrogens is 156 g/mol. The lowest BCUT2D eigenvalue weighted by Gasteiger charge is -1.96. The van der Waals surface area contributed by atoms with Gasteiger partial charge in [-0.05, 0) is 12.1 Å². The van der Waals surface area contributed by atoms with Crippen molar-refractivity contribution < 1.29 is 8.78 Å². The Bertz CT molecular complexity index is 209. The third-order valence-corrected chi connectivity index (χ3v) is 1.26. The summed E-state index contributed by atoms with van der Waals surface area (Å²) in [7, 11) is 0. The molecule has 10 heavy (non-hydrogen) atoms. The molecule has 0 saturated heterocycles. The zero-order chi connectivity index (χ0) is 7.56. The van der Waals surface area contributed by atoms with Gasteiger partial charge in [-0.2, -0.15) is 0 Å². The van der Waals surface area contributed by atoms with Crippen LogP contribution in [0.15, 0.2) is 23.2 Å². The van der Waals surface area contributed by atoms with E-state index < -0.39 is 6.43 Å². The lowest BCUT2D eigenvalue weighted by atomic mass is 10.4. The average molecular weight is 161 g/mol.